The van der Waals surface area contributed by atoms with Crippen LogP contribution in [-0.2, 0) is 11.2 Å². The number of aryl methyl sites for hydroxylation is 1. The molecule has 0 bridgehead atoms. The second kappa shape index (κ2) is 7.58. The number of fused-ring (bicyclic) bond motifs is 1. The SMILES string of the molecule is O=C(c1nccc2ccccc12)N1CCO[C@@H](CCc2ccncn2)C1. The fourth-order valence-electron chi connectivity index (χ4n) is 3.29. The van der Waals surface area contributed by atoms with Crippen molar-refractivity contribution >= 4 is 16.7 Å². The normalized spacial score (nSPS) is 17.4. The molecule has 1 aromatic carbocycles. The number of hydrogen-bond acceptors (Lipinski definition) is 5. The van der Waals surface area contributed by atoms with Gasteiger partial charge >= 0.3 is 0 Å². The quantitative estimate of drug-likeness (QED) is 0.725. The molecule has 3 aromatic rings. The van der Waals surface area contributed by atoms with Crippen LogP contribution in [0.2, 0.25) is 0 Å². The van der Waals surface area contributed by atoms with Crippen molar-refractivity contribution in [2.75, 3.05) is 19.7 Å². The molecule has 1 amide bonds. The first-order valence-electron chi connectivity index (χ1n) is 8.81. The average Bonchev–Trinajstić information content (AvgIpc) is 2.72. The van der Waals surface area contributed by atoms with Gasteiger partial charge in [0.15, 0.2) is 0 Å². The van der Waals surface area contributed by atoms with E-state index in [4.69, 9.17) is 4.74 Å². The lowest BCUT2D eigenvalue weighted by Gasteiger charge is -2.33. The van der Waals surface area contributed by atoms with Crippen LogP contribution in [0.25, 0.3) is 10.8 Å². The molecule has 26 heavy (non-hydrogen) atoms. The molecule has 1 saturated heterocycles. The topological polar surface area (TPSA) is 68.2 Å². The maximum Gasteiger partial charge on any atom is 0.273 e. The summed E-state index contributed by atoms with van der Waals surface area (Å²) in [4.78, 5) is 27.4. The molecule has 1 aliphatic rings. The van der Waals surface area contributed by atoms with E-state index < -0.39 is 0 Å². The summed E-state index contributed by atoms with van der Waals surface area (Å²) in [6.07, 6.45) is 6.64. The lowest BCUT2D eigenvalue weighted by atomic mass is 10.1. The van der Waals surface area contributed by atoms with Crippen LogP contribution < -0.4 is 0 Å². The molecule has 0 saturated carbocycles. The zero-order valence-corrected chi connectivity index (χ0v) is 14.4. The van der Waals surface area contributed by atoms with Gasteiger partial charge in [0.1, 0.15) is 12.0 Å². The van der Waals surface area contributed by atoms with E-state index in [0.29, 0.717) is 25.4 Å². The smallest absolute Gasteiger partial charge is 0.273 e. The van der Waals surface area contributed by atoms with Crippen molar-refractivity contribution in [1.82, 2.24) is 19.9 Å². The van der Waals surface area contributed by atoms with E-state index in [1.165, 1.54) is 0 Å². The summed E-state index contributed by atoms with van der Waals surface area (Å²) in [5.41, 5.74) is 1.50. The number of aromatic nitrogens is 3. The zero-order valence-electron chi connectivity index (χ0n) is 14.4. The van der Waals surface area contributed by atoms with Crippen molar-refractivity contribution in [1.29, 1.82) is 0 Å². The van der Waals surface area contributed by atoms with E-state index in [-0.39, 0.29) is 12.0 Å². The average molecular weight is 348 g/mol. The van der Waals surface area contributed by atoms with Gasteiger partial charge in [-0.25, -0.2) is 9.97 Å². The van der Waals surface area contributed by atoms with Crippen molar-refractivity contribution in [3.8, 4) is 0 Å². The van der Waals surface area contributed by atoms with Gasteiger partial charge in [-0.15, -0.1) is 0 Å². The summed E-state index contributed by atoms with van der Waals surface area (Å²) >= 11 is 0. The van der Waals surface area contributed by atoms with Gasteiger partial charge in [0.2, 0.25) is 0 Å². The Bertz CT molecular complexity index is 895. The minimum atomic E-state index is -0.0304. The van der Waals surface area contributed by atoms with Crippen LogP contribution in [0.15, 0.2) is 55.1 Å². The van der Waals surface area contributed by atoms with Gasteiger partial charge in [-0.1, -0.05) is 24.3 Å². The molecule has 6 heteroatoms. The molecule has 1 fully saturated rings. The summed E-state index contributed by atoms with van der Waals surface area (Å²) < 4.78 is 5.85. The lowest BCUT2D eigenvalue weighted by Crippen LogP contribution is -2.46. The molecule has 0 spiro atoms. The fraction of sp³-hybridized carbons (Fsp3) is 0.300. The maximum absolute atomic E-state index is 13.0. The van der Waals surface area contributed by atoms with Crippen molar-refractivity contribution in [3.05, 3.63) is 66.5 Å². The van der Waals surface area contributed by atoms with Crippen molar-refractivity contribution < 1.29 is 9.53 Å². The Labute approximate surface area is 151 Å². The number of carbonyl (C=O) groups excluding carboxylic acids is 1. The number of morpholine rings is 1. The van der Waals surface area contributed by atoms with E-state index >= 15 is 0 Å². The highest BCUT2D eigenvalue weighted by Gasteiger charge is 2.26. The second-order valence-corrected chi connectivity index (χ2v) is 6.36. The Kier molecular flexibility index (Phi) is 4.84. The molecule has 3 heterocycles. The maximum atomic E-state index is 13.0. The predicted octanol–water partition coefficient (Wildman–Crippen LogP) is 2.50. The molecule has 0 N–H and O–H groups in total. The van der Waals surface area contributed by atoms with Gasteiger partial charge < -0.3 is 9.64 Å². The van der Waals surface area contributed by atoms with Crippen LogP contribution in [0.5, 0.6) is 0 Å². The Morgan fingerprint density at radius 2 is 2.08 bits per heavy atom. The molecule has 132 valence electrons. The predicted molar refractivity (Wildman–Crippen MR) is 97.7 cm³/mol. The Balaban J connectivity index is 1.46. The Morgan fingerprint density at radius 3 is 2.96 bits per heavy atom. The molecule has 0 aliphatic carbocycles. The standard InChI is InChI=1S/C20H20N4O2/c25-20(19-18-4-2-1-3-15(18)7-10-22-19)24-11-12-26-17(13-24)6-5-16-8-9-21-14-23-16/h1-4,7-10,14,17H,5-6,11-13H2/t17-/m0/s1. The molecule has 0 unspecified atom stereocenters. The number of nitrogens with zero attached hydrogens (tertiary/aromatic N) is 4. The first-order valence-corrected chi connectivity index (χ1v) is 8.81. The molecular formula is C20H20N4O2. The van der Waals surface area contributed by atoms with Crippen molar-refractivity contribution in [2.45, 2.75) is 18.9 Å². The third kappa shape index (κ3) is 3.55. The van der Waals surface area contributed by atoms with Gasteiger partial charge in [0.25, 0.3) is 5.91 Å². The van der Waals surface area contributed by atoms with Crippen molar-refractivity contribution in [3.63, 3.8) is 0 Å². The first-order chi connectivity index (χ1) is 12.8. The van der Waals surface area contributed by atoms with Crippen LogP contribution >= 0.6 is 0 Å². The Morgan fingerprint density at radius 1 is 1.15 bits per heavy atom. The number of hydrogen-bond donors (Lipinski definition) is 0. The van der Waals surface area contributed by atoms with E-state index in [2.05, 4.69) is 15.0 Å². The van der Waals surface area contributed by atoms with Crippen molar-refractivity contribution in [2.24, 2.45) is 0 Å². The molecule has 1 aliphatic heterocycles. The molecule has 1 atom stereocenters. The number of pyridine rings is 1. The van der Waals surface area contributed by atoms with Gasteiger partial charge in [-0.2, -0.15) is 0 Å². The summed E-state index contributed by atoms with van der Waals surface area (Å²) in [7, 11) is 0. The summed E-state index contributed by atoms with van der Waals surface area (Å²) in [6, 6.07) is 11.7. The minimum absolute atomic E-state index is 0.0117. The third-order valence-electron chi connectivity index (χ3n) is 4.67. The van der Waals surface area contributed by atoms with Gasteiger partial charge in [-0.3, -0.25) is 9.78 Å². The van der Waals surface area contributed by atoms with Gasteiger partial charge in [-0.05, 0) is 30.4 Å². The third-order valence-corrected chi connectivity index (χ3v) is 4.67. The second-order valence-electron chi connectivity index (χ2n) is 6.36. The monoisotopic (exact) mass is 348 g/mol. The number of carbonyl (C=O) groups is 1. The summed E-state index contributed by atoms with van der Waals surface area (Å²) in [5, 5.41) is 1.92. The zero-order chi connectivity index (χ0) is 17.8. The van der Waals surface area contributed by atoms with Crippen LogP contribution in [0.4, 0.5) is 0 Å². The molecular weight excluding hydrogens is 328 g/mol. The van der Waals surface area contributed by atoms with Crippen LogP contribution in [0, 0.1) is 0 Å². The van der Waals surface area contributed by atoms with E-state index in [0.717, 1.165) is 29.3 Å². The largest absolute Gasteiger partial charge is 0.375 e. The first kappa shape index (κ1) is 16.6. The lowest BCUT2D eigenvalue weighted by molar-refractivity contribution is -0.0248. The van der Waals surface area contributed by atoms with Crippen LogP contribution in [0.1, 0.15) is 22.6 Å². The molecule has 2 aromatic heterocycles. The minimum Gasteiger partial charge on any atom is -0.375 e. The highest BCUT2D eigenvalue weighted by atomic mass is 16.5. The Hall–Kier alpha value is -2.86. The van der Waals surface area contributed by atoms with E-state index in [1.807, 2.05) is 41.3 Å². The van der Waals surface area contributed by atoms with Gasteiger partial charge in [0, 0.05) is 36.6 Å². The highest BCUT2D eigenvalue weighted by molar-refractivity contribution is 6.05. The fourth-order valence-corrected chi connectivity index (χ4v) is 3.29. The van der Waals surface area contributed by atoms with E-state index in [9.17, 15) is 4.79 Å². The van der Waals surface area contributed by atoms with E-state index in [1.54, 1.807) is 18.7 Å². The van der Waals surface area contributed by atoms with Crippen LogP contribution in [0.3, 0.4) is 0 Å². The summed E-state index contributed by atoms with van der Waals surface area (Å²) in [5.74, 6) is -0.0304. The molecule has 6 nitrogen and oxygen atoms in total. The number of ether oxygens (including phenoxy) is 1. The summed E-state index contributed by atoms with van der Waals surface area (Å²) in [6.45, 7) is 1.72. The van der Waals surface area contributed by atoms with Gasteiger partial charge in [0.05, 0.1) is 12.7 Å². The molecule has 4 rings (SSSR count). The number of benzene rings is 1. The van der Waals surface area contributed by atoms with Crippen LogP contribution in [-0.4, -0.2) is 51.6 Å². The number of rotatable bonds is 4. The number of amides is 1. The highest BCUT2D eigenvalue weighted by Crippen LogP contribution is 2.20. The molecule has 0 radical (unpaired) electrons.